The standard InChI is InChI=1S/C8H8Cl2O/c1-6-2-3-7(5-11)4-8(6,9)10/h2-6H,1H3. The van der Waals surface area contributed by atoms with Crippen LogP contribution in [0.25, 0.3) is 0 Å². The van der Waals surface area contributed by atoms with Gasteiger partial charge in [-0.25, -0.2) is 0 Å². The highest BCUT2D eigenvalue weighted by Gasteiger charge is 2.29. The Kier molecular flexibility index (Phi) is 2.40. The van der Waals surface area contributed by atoms with Crippen molar-refractivity contribution in [2.24, 2.45) is 5.92 Å². The van der Waals surface area contributed by atoms with Gasteiger partial charge in [0.1, 0.15) is 10.6 Å². The monoisotopic (exact) mass is 190 g/mol. The van der Waals surface area contributed by atoms with Crippen LogP contribution in [0.5, 0.6) is 0 Å². The summed E-state index contributed by atoms with van der Waals surface area (Å²) in [6.07, 6.45) is 5.85. The molecule has 11 heavy (non-hydrogen) atoms. The first-order valence-electron chi connectivity index (χ1n) is 3.30. The molecular formula is C8H8Cl2O. The Morgan fingerprint density at radius 3 is 2.73 bits per heavy atom. The number of carbonyl (C=O) groups is 1. The van der Waals surface area contributed by atoms with Gasteiger partial charge in [0.15, 0.2) is 0 Å². The van der Waals surface area contributed by atoms with E-state index in [1.165, 1.54) is 0 Å². The Hall–Kier alpha value is -0.270. The molecule has 1 aliphatic rings. The Morgan fingerprint density at radius 1 is 1.64 bits per heavy atom. The smallest absolute Gasteiger partial charge is 0.149 e. The van der Waals surface area contributed by atoms with Crippen LogP contribution in [0.1, 0.15) is 6.92 Å². The first-order chi connectivity index (χ1) is 5.06. The van der Waals surface area contributed by atoms with Crippen LogP contribution in [-0.2, 0) is 4.79 Å². The van der Waals surface area contributed by atoms with Crippen molar-refractivity contribution >= 4 is 29.5 Å². The van der Waals surface area contributed by atoms with Crippen molar-refractivity contribution in [2.45, 2.75) is 11.3 Å². The Balaban J connectivity index is 2.93. The summed E-state index contributed by atoms with van der Waals surface area (Å²) in [7, 11) is 0. The van der Waals surface area contributed by atoms with Crippen LogP contribution in [0.15, 0.2) is 23.8 Å². The van der Waals surface area contributed by atoms with Gasteiger partial charge >= 0.3 is 0 Å². The molecule has 0 amide bonds. The first-order valence-corrected chi connectivity index (χ1v) is 4.06. The molecule has 0 saturated heterocycles. The highest BCUT2D eigenvalue weighted by Crippen LogP contribution is 2.36. The minimum atomic E-state index is -0.926. The van der Waals surface area contributed by atoms with Gasteiger partial charge in [-0.3, -0.25) is 4.79 Å². The maximum absolute atomic E-state index is 10.3. The predicted octanol–water partition coefficient (Wildman–Crippen LogP) is 2.49. The van der Waals surface area contributed by atoms with E-state index in [-0.39, 0.29) is 5.92 Å². The van der Waals surface area contributed by atoms with E-state index in [0.717, 1.165) is 6.29 Å². The van der Waals surface area contributed by atoms with Crippen LogP contribution < -0.4 is 0 Å². The predicted molar refractivity (Wildman–Crippen MR) is 46.9 cm³/mol. The molecule has 1 nitrogen and oxygen atoms in total. The molecule has 1 rings (SSSR count). The Bertz CT molecular complexity index is 228. The zero-order chi connectivity index (χ0) is 8.48. The maximum atomic E-state index is 10.3. The van der Waals surface area contributed by atoms with Gasteiger partial charge in [0.25, 0.3) is 0 Å². The van der Waals surface area contributed by atoms with Crippen molar-refractivity contribution in [3.8, 4) is 0 Å². The third kappa shape index (κ3) is 1.85. The minimum Gasteiger partial charge on any atom is -0.298 e. The summed E-state index contributed by atoms with van der Waals surface area (Å²) < 4.78 is -0.926. The number of allylic oxidation sites excluding steroid dienone is 4. The van der Waals surface area contributed by atoms with Gasteiger partial charge in [0, 0.05) is 11.5 Å². The van der Waals surface area contributed by atoms with E-state index in [1.54, 1.807) is 12.2 Å². The third-order valence-corrected chi connectivity index (χ3v) is 2.59. The zero-order valence-electron chi connectivity index (χ0n) is 6.05. The summed E-state index contributed by atoms with van der Waals surface area (Å²) >= 11 is 11.7. The van der Waals surface area contributed by atoms with Crippen LogP contribution in [0.4, 0.5) is 0 Å². The largest absolute Gasteiger partial charge is 0.298 e. The summed E-state index contributed by atoms with van der Waals surface area (Å²) in [6.45, 7) is 1.90. The molecule has 1 unspecified atom stereocenters. The molecule has 0 radical (unpaired) electrons. The van der Waals surface area contributed by atoms with Crippen molar-refractivity contribution in [2.75, 3.05) is 0 Å². The lowest BCUT2D eigenvalue weighted by Crippen LogP contribution is -2.21. The average Bonchev–Trinajstić information content (AvgIpc) is 1.95. The first kappa shape index (κ1) is 8.82. The van der Waals surface area contributed by atoms with Crippen LogP contribution in [0, 0.1) is 5.92 Å². The number of rotatable bonds is 1. The van der Waals surface area contributed by atoms with E-state index in [0.29, 0.717) is 5.57 Å². The van der Waals surface area contributed by atoms with Crippen molar-refractivity contribution in [1.82, 2.24) is 0 Å². The molecule has 0 saturated carbocycles. The molecule has 0 heterocycles. The minimum absolute atomic E-state index is 0.0505. The van der Waals surface area contributed by atoms with Crippen LogP contribution in [-0.4, -0.2) is 10.6 Å². The van der Waals surface area contributed by atoms with Crippen LogP contribution in [0.3, 0.4) is 0 Å². The SMILES string of the molecule is CC1C=CC(C=O)=CC1(Cl)Cl. The summed E-state index contributed by atoms with van der Waals surface area (Å²) in [4.78, 5) is 10.3. The van der Waals surface area contributed by atoms with Crippen molar-refractivity contribution < 1.29 is 4.79 Å². The van der Waals surface area contributed by atoms with E-state index < -0.39 is 4.33 Å². The molecule has 1 atom stereocenters. The number of hydrogen-bond acceptors (Lipinski definition) is 1. The van der Waals surface area contributed by atoms with Gasteiger partial charge in [-0.05, 0) is 6.08 Å². The number of alkyl halides is 2. The molecule has 0 spiro atoms. The number of halogens is 2. The molecule has 0 aromatic rings. The van der Waals surface area contributed by atoms with Crippen molar-refractivity contribution in [3.05, 3.63) is 23.8 Å². The van der Waals surface area contributed by atoms with E-state index in [1.807, 2.05) is 13.0 Å². The van der Waals surface area contributed by atoms with Crippen LogP contribution >= 0.6 is 23.2 Å². The van der Waals surface area contributed by atoms with Gasteiger partial charge in [-0.1, -0.05) is 42.3 Å². The molecular weight excluding hydrogens is 183 g/mol. The fourth-order valence-electron chi connectivity index (χ4n) is 0.859. The van der Waals surface area contributed by atoms with Crippen molar-refractivity contribution in [1.29, 1.82) is 0 Å². The number of carbonyl (C=O) groups excluding carboxylic acids is 1. The second-order valence-electron chi connectivity index (χ2n) is 2.58. The highest BCUT2D eigenvalue weighted by atomic mass is 35.5. The van der Waals surface area contributed by atoms with Gasteiger partial charge < -0.3 is 0 Å². The van der Waals surface area contributed by atoms with Gasteiger partial charge in [0.05, 0.1) is 0 Å². The molecule has 0 aliphatic heterocycles. The quantitative estimate of drug-likeness (QED) is 0.459. The number of aldehydes is 1. The molecule has 0 aromatic heterocycles. The van der Waals surface area contributed by atoms with E-state index in [2.05, 4.69) is 0 Å². The second kappa shape index (κ2) is 3.00. The number of hydrogen-bond donors (Lipinski definition) is 0. The molecule has 0 aromatic carbocycles. The zero-order valence-corrected chi connectivity index (χ0v) is 7.56. The lowest BCUT2D eigenvalue weighted by molar-refractivity contribution is -0.104. The van der Waals surface area contributed by atoms with Gasteiger partial charge in [-0.2, -0.15) is 0 Å². The van der Waals surface area contributed by atoms with Crippen molar-refractivity contribution in [3.63, 3.8) is 0 Å². The molecule has 1 aliphatic carbocycles. The summed E-state index contributed by atoms with van der Waals surface area (Å²) in [5.41, 5.74) is 0.535. The molecule has 0 bridgehead atoms. The lowest BCUT2D eigenvalue weighted by atomic mass is 9.98. The van der Waals surface area contributed by atoms with E-state index in [9.17, 15) is 4.79 Å². The van der Waals surface area contributed by atoms with E-state index in [4.69, 9.17) is 23.2 Å². The third-order valence-electron chi connectivity index (χ3n) is 1.68. The van der Waals surface area contributed by atoms with Gasteiger partial charge in [0.2, 0.25) is 0 Å². The Morgan fingerprint density at radius 2 is 2.27 bits per heavy atom. The molecule has 0 fully saturated rings. The molecule has 3 heteroatoms. The van der Waals surface area contributed by atoms with Crippen LogP contribution in [0.2, 0.25) is 0 Å². The molecule has 0 N–H and O–H groups in total. The normalized spacial score (nSPS) is 27.9. The summed E-state index contributed by atoms with van der Waals surface area (Å²) in [5.74, 6) is 0.0505. The highest BCUT2D eigenvalue weighted by molar-refractivity contribution is 6.50. The summed E-state index contributed by atoms with van der Waals surface area (Å²) in [5, 5.41) is 0. The average molecular weight is 191 g/mol. The fraction of sp³-hybridized carbons (Fsp3) is 0.375. The second-order valence-corrected chi connectivity index (χ2v) is 4.03. The lowest BCUT2D eigenvalue weighted by Gasteiger charge is -2.23. The fourth-order valence-corrected chi connectivity index (χ4v) is 1.26. The summed E-state index contributed by atoms with van der Waals surface area (Å²) in [6, 6.07) is 0. The topological polar surface area (TPSA) is 17.1 Å². The van der Waals surface area contributed by atoms with E-state index >= 15 is 0 Å². The molecule has 60 valence electrons. The Labute approximate surface area is 75.7 Å². The van der Waals surface area contributed by atoms with Gasteiger partial charge in [-0.15, -0.1) is 0 Å². The maximum Gasteiger partial charge on any atom is 0.149 e.